The van der Waals surface area contributed by atoms with Gasteiger partial charge in [0, 0.05) is 24.7 Å². The zero-order valence-electron chi connectivity index (χ0n) is 13.9. The smallest absolute Gasteiger partial charge is 0.131 e. The van der Waals surface area contributed by atoms with Crippen molar-refractivity contribution >= 4 is 0 Å². The van der Waals surface area contributed by atoms with Crippen LogP contribution in [0.25, 0.3) is 0 Å². The lowest BCUT2D eigenvalue weighted by Gasteiger charge is -2.41. The first kappa shape index (κ1) is 16.6. The van der Waals surface area contributed by atoms with E-state index in [4.69, 9.17) is 4.74 Å². The lowest BCUT2D eigenvalue weighted by molar-refractivity contribution is -0.0423. The van der Waals surface area contributed by atoms with Gasteiger partial charge < -0.3 is 10.1 Å². The SMILES string of the molecule is Fc1ccc([C@H]2c3ccccc3CCN2[C@@H]2CNCC[CH]O2)c(F)c1. The molecule has 131 valence electrons. The van der Waals surface area contributed by atoms with Crippen LogP contribution in [-0.4, -0.2) is 30.8 Å². The average Bonchev–Trinajstić information content (AvgIpc) is 2.90. The predicted octanol–water partition coefficient (Wildman–Crippen LogP) is 3.41. The Hall–Kier alpha value is -1.82. The second kappa shape index (κ2) is 7.20. The Kier molecular flexibility index (Phi) is 4.79. The summed E-state index contributed by atoms with van der Waals surface area (Å²) in [7, 11) is 0. The minimum absolute atomic E-state index is 0.176. The number of hydrogen-bond donors (Lipinski definition) is 1. The van der Waals surface area contributed by atoms with Crippen LogP contribution in [0.15, 0.2) is 42.5 Å². The summed E-state index contributed by atoms with van der Waals surface area (Å²) in [6.07, 6.45) is 1.55. The highest BCUT2D eigenvalue weighted by atomic mass is 19.1. The molecular formula is C20H21F2N2O. The molecule has 2 aliphatic rings. The fraction of sp³-hybridized carbons (Fsp3) is 0.350. The Morgan fingerprint density at radius 3 is 2.84 bits per heavy atom. The van der Waals surface area contributed by atoms with Gasteiger partial charge in [0.1, 0.15) is 17.9 Å². The van der Waals surface area contributed by atoms with Crippen LogP contribution in [0.1, 0.15) is 29.2 Å². The Bertz CT molecular complexity index is 744. The number of ether oxygens (including phenoxy) is 1. The first-order valence-electron chi connectivity index (χ1n) is 8.70. The Labute approximate surface area is 146 Å². The Morgan fingerprint density at radius 1 is 1.08 bits per heavy atom. The van der Waals surface area contributed by atoms with Gasteiger partial charge in [-0.3, -0.25) is 4.90 Å². The molecule has 1 fully saturated rings. The molecule has 0 bridgehead atoms. The predicted molar refractivity (Wildman–Crippen MR) is 91.7 cm³/mol. The number of hydrogen-bond acceptors (Lipinski definition) is 3. The van der Waals surface area contributed by atoms with Gasteiger partial charge in [-0.15, -0.1) is 0 Å². The highest BCUT2D eigenvalue weighted by molar-refractivity contribution is 5.40. The summed E-state index contributed by atoms with van der Waals surface area (Å²) in [5, 5.41) is 3.36. The molecule has 1 saturated heterocycles. The van der Waals surface area contributed by atoms with Crippen LogP contribution in [-0.2, 0) is 11.2 Å². The van der Waals surface area contributed by atoms with E-state index in [0.717, 1.165) is 37.6 Å². The highest BCUT2D eigenvalue weighted by Crippen LogP contribution is 2.38. The summed E-state index contributed by atoms with van der Waals surface area (Å²) in [4.78, 5) is 2.17. The lowest BCUT2D eigenvalue weighted by atomic mass is 9.87. The summed E-state index contributed by atoms with van der Waals surface area (Å²) >= 11 is 0. The summed E-state index contributed by atoms with van der Waals surface area (Å²) < 4.78 is 34.0. The van der Waals surface area contributed by atoms with Crippen molar-refractivity contribution in [2.75, 3.05) is 19.6 Å². The second-order valence-electron chi connectivity index (χ2n) is 6.51. The normalized spacial score (nSPS) is 24.6. The molecule has 0 spiro atoms. The molecule has 0 amide bonds. The van der Waals surface area contributed by atoms with Crippen LogP contribution in [0.3, 0.4) is 0 Å². The zero-order chi connectivity index (χ0) is 17.2. The van der Waals surface area contributed by atoms with E-state index >= 15 is 0 Å². The van der Waals surface area contributed by atoms with E-state index in [0.29, 0.717) is 12.1 Å². The molecule has 2 atom stereocenters. The van der Waals surface area contributed by atoms with Crippen molar-refractivity contribution in [2.45, 2.75) is 25.1 Å². The standard InChI is InChI=1S/C20H21F2N2O/c21-15-6-7-17(18(22)12-15)20-16-5-2-1-4-14(16)8-10-24(20)19-13-23-9-3-11-25-19/h1-2,4-7,11-12,19-20,23H,3,8-10,13H2/t19-,20+/m0/s1. The van der Waals surface area contributed by atoms with E-state index in [1.165, 1.54) is 11.6 Å². The first-order chi connectivity index (χ1) is 12.2. The maximum Gasteiger partial charge on any atom is 0.131 e. The van der Waals surface area contributed by atoms with E-state index in [1.54, 1.807) is 6.07 Å². The number of halogens is 2. The minimum atomic E-state index is -0.558. The van der Waals surface area contributed by atoms with Gasteiger partial charge in [-0.05, 0) is 36.6 Å². The van der Waals surface area contributed by atoms with Gasteiger partial charge in [0.25, 0.3) is 0 Å². The zero-order valence-corrected chi connectivity index (χ0v) is 13.9. The minimum Gasteiger partial charge on any atom is -0.356 e. The van der Waals surface area contributed by atoms with E-state index in [1.807, 2.05) is 24.8 Å². The van der Waals surface area contributed by atoms with E-state index < -0.39 is 11.6 Å². The van der Waals surface area contributed by atoms with Gasteiger partial charge in [0.15, 0.2) is 0 Å². The fourth-order valence-corrected chi connectivity index (χ4v) is 3.77. The molecule has 5 heteroatoms. The molecular weight excluding hydrogens is 322 g/mol. The van der Waals surface area contributed by atoms with Crippen molar-refractivity contribution < 1.29 is 13.5 Å². The molecule has 25 heavy (non-hydrogen) atoms. The monoisotopic (exact) mass is 343 g/mol. The number of nitrogens with one attached hydrogen (secondary N) is 1. The number of fused-ring (bicyclic) bond motifs is 1. The van der Waals surface area contributed by atoms with Crippen molar-refractivity contribution in [1.29, 1.82) is 0 Å². The van der Waals surface area contributed by atoms with Crippen LogP contribution >= 0.6 is 0 Å². The third-order valence-electron chi connectivity index (χ3n) is 4.96. The molecule has 2 aromatic carbocycles. The fourth-order valence-electron chi connectivity index (χ4n) is 3.77. The number of benzene rings is 2. The summed E-state index contributed by atoms with van der Waals surface area (Å²) in [6.45, 7) is 4.14. The van der Waals surface area contributed by atoms with Crippen molar-refractivity contribution in [1.82, 2.24) is 10.2 Å². The maximum atomic E-state index is 14.6. The maximum absolute atomic E-state index is 14.6. The van der Waals surface area contributed by atoms with E-state index in [-0.39, 0.29) is 12.3 Å². The van der Waals surface area contributed by atoms with E-state index in [9.17, 15) is 8.78 Å². The van der Waals surface area contributed by atoms with E-state index in [2.05, 4.69) is 16.3 Å². The number of rotatable bonds is 2. The molecule has 2 aromatic rings. The largest absolute Gasteiger partial charge is 0.356 e. The molecule has 1 N–H and O–H groups in total. The number of nitrogens with zero attached hydrogens (tertiary/aromatic N) is 1. The van der Waals surface area contributed by atoms with Crippen molar-refractivity contribution in [3.8, 4) is 0 Å². The Balaban J connectivity index is 1.78. The summed E-state index contributed by atoms with van der Waals surface area (Å²) in [5.74, 6) is -1.07. The van der Waals surface area contributed by atoms with Gasteiger partial charge in [0.05, 0.1) is 12.6 Å². The molecule has 0 saturated carbocycles. The van der Waals surface area contributed by atoms with Crippen LogP contribution in [0.2, 0.25) is 0 Å². The molecule has 4 rings (SSSR count). The molecule has 2 aliphatic heterocycles. The average molecular weight is 343 g/mol. The van der Waals surface area contributed by atoms with Crippen LogP contribution in [0.5, 0.6) is 0 Å². The van der Waals surface area contributed by atoms with Gasteiger partial charge in [-0.1, -0.05) is 30.3 Å². The molecule has 0 aromatic heterocycles. The molecule has 2 heterocycles. The first-order valence-corrected chi connectivity index (χ1v) is 8.70. The van der Waals surface area contributed by atoms with Crippen molar-refractivity contribution in [2.24, 2.45) is 0 Å². The van der Waals surface area contributed by atoms with Gasteiger partial charge in [0.2, 0.25) is 0 Å². The summed E-state index contributed by atoms with van der Waals surface area (Å²) in [5.41, 5.74) is 2.76. The van der Waals surface area contributed by atoms with Crippen molar-refractivity contribution in [3.63, 3.8) is 0 Å². The topological polar surface area (TPSA) is 24.5 Å². The van der Waals surface area contributed by atoms with Crippen LogP contribution < -0.4 is 5.32 Å². The highest BCUT2D eigenvalue weighted by Gasteiger charge is 2.35. The van der Waals surface area contributed by atoms with Gasteiger partial charge >= 0.3 is 0 Å². The molecule has 3 nitrogen and oxygen atoms in total. The lowest BCUT2D eigenvalue weighted by Crippen LogP contribution is -2.48. The van der Waals surface area contributed by atoms with Gasteiger partial charge in [-0.25, -0.2) is 8.78 Å². The third-order valence-corrected chi connectivity index (χ3v) is 4.96. The van der Waals surface area contributed by atoms with Gasteiger partial charge in [-0.2, -0.15) is 0 Å². The van der Waals surface area contributed by atoms with Crippen molar-refractivity contribution in [3.05, 3.63) is 77.4 Å². The summed E-state index contributed by atoms with van der Waals surface area (Å²) in [6, 6.07) is 11.6. The van der Waals surface area contributed by atoms with Crippen LogP contribution in [0, 0.1) is 18.2 Å². The second-order valence-corrected chi connectivity index (χ2v) is 6.51. The molecule has 0 unspecified atom stereocenters. The Morgan fingerprint density at radius 2 is 1.96 bits per heavy atom. The van der Waals surface area contributed by atoms with Crippen LogP contribution in [0.4, 0.5) is 8.78 Å². The molecule has 1 radical (unpaired) electrons. The third kappa shape index (κ3) is 3.32. The quantitative estimate of drug-likeness (QED) is 0.904. The molecule has 0 aliphatic carbocycles.